The van der Waals surface area contributed by atoms with Gasteiger partial charge in [-0.2, -0.15) is 0 Å². The number of hydrogen-bond donors (Lipinski definition) is 1. The minimum atomic E-state index is -0.258. The van der Waals surface area contributed by atoms with Crippen molar-refractivity contribution in [2.45, 2.75) is 39.7 Å². The number of nitrogens with zero attached hydrogens (tertiary/aromatic N) is 1. The predicted octanol–water partition coefficient (Wildman–Crippen LogP) is 1.71. The van der Waals surface area contributed by atoms with Gasteiger partial charge in [-0.05, 0) is 39.2 Å². The number of aromatic nitrogens is 1. The van der Waals surface area contributed by atoms with E-state index < -0.39 is 0 Å². The van der Waals surface area contributed by atoms with Crippen molar-refractivity contribution in [3.05, 3.63) is 22.5 Å². The quantitative estimate of drug-likeness (QED) is 0.812. The SMILES string of the molecule is COC(=O)c1c(CC[C@H](C)N)c(C)n(C)c1C. The largest absolute Gasteiger partial charge is 0.465 e. The fourth-order valence-electron chi connectivity index (χ4n) is 2.07. The Kier molecular flexibility index (Phi) is 4.34. The number of rotatable bonds is 4. The molecule has 0 saturated carbocycles. The standard InChI is InChI=1S/C13H22N2O2/c1-8(14)6-7-11-9(2)15(4)10(3)12(11)13(16)17-5/h8H,6-7,14H2,1-5H3/t8-/m0/s1. The molecule has 0 aliphatic rings. The average Bonchev–Trinajstić information content (AvgIpc) is 2.50. The molecule has 1 heterocycles. The smallest absolute Gasteiger partial charge is 0.339 e. The van der Waals surface area contributed by atoms with Crippen molar-refractivity contribution < 1.29 is 9.53 Å². The molecule has 0 fully saturated rings. The lowest BCUT2D eigenvalue weighted by Crippen LogP contribution is -2.16. The number of esters is 1. The molecule has 0 bridgehead atoms. The zero-order chi connectivity index (χ0) is 13.2. The van der Waals surface area contributed by atoms with Crippen LogP contribution in [0.15, 0.2) is 0 Å². The lowest BCUT2D eigenvalue weighted by molar-refractivity contribution is 0.0598. The number of nitrogens with two attached hydrogens (primary N) is 1. The second kappa shape index (κ2) is 5.36. The lowest BCUT2D eigenvalue weighted by atomic mass is 10.0. The number of hydrogen-bond acceptors (Lipinski definition) is 3. The van der Waals surface area contributed by atoms with E-state index >= 15 is 0 Å². The average molecular weight is 238 g/mol. The van der Waals surface area contributed by atoms with Crippen LogP contribution in [0.2, 0.25) is 0 Å². The van der Waals surface area contributed by atoms with Gasteiger partial charge in [0.25, 0.3) is 0 Å². The van der Waals surface area contributed by atoms with Crippen molar-refractivity contribution in [2.24, 2.45) is 12.8 Å². The summed E-state index contributed by atoms with van der Waals surface area (Å²) in [6.07, 6.45) is 1.68. The van der Waals surface area contributed by atoms with Gasteiger partial charge >= 0.3 is 5.97 Å². The summed E-state index contributed by atoms with van der Waals surface area (Å²) >= 11 is 0. The highest BCUT2D eigenvalue weighted by molar-refractivity contribution is 5.93. The Balaban J connectivity index is 3.17. The molecular weight excluding hydrogens is 216 g/mol. The summed E-state index contributed by atoms with van der Waals surface area (Å²) in [5.74, 6) is -0.258. The molecule has 1 aromatic heterocycles. The first-order chi connectivity index (χ1) is 7.90. The van der Waals surface area contributed by atoms with Gasteiger partial charge < -0.3 is 15.0 Å². The van der Waals surface area contributed by atoms with Crippen molar-refractivity contribution in [1.29, 1.82) is 0 Å². The molecule has 0 aliphatic carbocycles. The molecule has 2 N–H and O–H groups in total. The molecule has 4 heteroatoms. The third kappa shape index (κ3) is 2.69. The van der Waals surface area contributed by atoms with Crippen molar-refractivity contribution in [3.8, 4) is 0 Å². The van der Waals surface area contributed by atoms with Gasteiger partial charge in [-0.3, -0.25) is 0 Å². The molecule has 4 nitrogen and oxygen atoms in total. The first kappa shape index (κ1) is 13.8. The number of ether oxygens (including phenoxy) is 1. The van der Waals surface area contributed by atoms with Gasteiger partial charge in [-0.1, -0.05) is 0 Å². The highest BCUT2D eigenvalue weighted by Crippen LogP contribution is 2.23. The Morgan fingerprint density at radius 2 is 2.00 bits per heavy atom. The van der Waals surface area contributed by atoms with Crippen LogP contribution >= 0.6 is 0 Å². The topological polar surface area (TPSA) is 57.2 Å². The molecule has 1 aromatic rings. The van der Waals surface area contributed by atoms with Gasteiger partial charge in [0.1, 0.15) is 0 Å². The maximum atomic E-state index is 11.8. The summed E-state index contributed by atoms with van der Waals surface area (Å²) in [4.78, 5) is 11.8. The summed E-state index contributed by atoms with van der Waals surface area (Å²) in [6, 6.07) is 0.139. The minimum Gasteiger partial charge on any atom is -0.465 e. The molecule has 0 radical (unpaired) electrons. The predicted molar refractivity (Wildman–Crippen MR) is 68.2 cm³/mol. The van der Waals surface area contributed by atoms with E-state index in [2.05, 4.69) is 0 Å². The van der Waals surface area contributed by atoms with Crippen molar-refractivity contribution >= 4 is 5.97 Å². The third-order valence-corrected chi connectivity index (χ3v) is 3.35. The normalized spacial score (nSPS) is 12.6. The molecule has 0 amide bonds. The first-order valence-electron chi connectivity index (χ1n) is 5.88. The van der Waals surface area contributed by atoms with Crippen molar-refractivity contribution in [3.63, 3.8) is 0 Å². The van der Waals surface area contributed by atoms with Crippen LogP contribution in [-0.4, -0.2) is 23.7 Å². The zero-order valence-electron chi connectivity index (χ0n) is 11.3. The Hall–Kier alpha value is -1.29. The van der Waals surface area contributed by atoms with Gasteiger partial charge in [0.15, 0.2) is 0 Å². The van der Waals surface area contributed by atoms with E-state index in [-0.39, 0.29) is 12.0 Å². The monoisotopic (exact) mass is 238 g/mol. The van der Waals surface area contributed by atoms with Crippen LogP contribution in [0.1, 0.15) is 40.7 Å². The highest BCUT2D eigenvalue weighted by Gasteiger charge is 2.21. The van der Waals surface area contributed by atoms with E-state index in [0.717, 1.165) is 29.8 Å². The Morgan fingerprint density at radius 1 is 1.41 bits per heavy atom. The van der Waals surface area contributed by atoms with Crippen molar-refractivity contribution in [2.75, 3.05) is 7.11 Å². The molecule has 0 aromatic carbocycles. The Labute approximate surface area is 103 Å². The van der Waals surface area contributed by atoms with Crippen LogP contribution < -0.4 is 5.73 Å². The van der Waals surface area contributed by atoms with E-state index in [1.54, 1.807) is 0 Å². The van der Waals surface area contributed by atoms with Gasteiger partial charge in [0.05, 0.1) is 12.7 Å². The van der Waals surface area contributed by atoms with Crippen LogP contribution in [0, 0.1) is 13.8 Å². The van der Waals surface area contributed by atoms with Crippen LogP contribution in [0.5, 0.6) is 0 Å². The van der Waals surface area contributed by atoms with Gasteiger partial charge in [0.2, 0.25) is 0 Å². The van der Waals surface area contributed by atoms with Gasteiger partial charge in [0, 0.05) is 24.5 Å². The first-order valence-corrected chi connectivity index (χ1v) is 5.88. The van der Waals surface area contributed by atoms with Crippen LogP contribution in [0.4, 0.5) is 0 Å². The summed E-state index contributed by atoms with van der Waals surface area (Å²) in [7, 11) is 3.38. The van der Waals surface area contributed by atoms with E-state index in [0.29, 0.717) is 5.56 Å². The lowest BCUT2D eigenvalue weighted by Gasteiger charge is -2.07. The molecular formula is C13H22N2O2. The van der Waals surface area contributed by atoms with E-state index in [1.165, 1.54) is 7.11 Å². The molecule has 17 heavy (non-hydrogen) atoms. The molecule has 1 rings (SSSR count). The summed E-state index contributed by atoms with van der Waals surface area (Å²) in [6.45, 7) is 5.94. The van der Waals surface area contributed by atoms with Crippen molar-refractivity contribution in [1.82, 2.24) is 4.57 Å². The number of carbonyl (C=O) groups is 1. The summed E-state index contributed by atoms with van der Waals surface area (Å²) in [5, 5.41) is 0. The highest BCUT2D eigenvalue weighted by atomic mass is 16.5. The van der Waals surface area contributed by atoms with E-state index in [9.17, 15) is 4.79 Å². The van der Waals surface area contributed by atoms with E-state index in [4.69, 9.17) is 10.5 Å². The third-order valence-electron chi connectivity index (χ3n) is 3.35. The Morgan fingerprint density at radius 3 is 2.47 bits per heavy atom. The van der Waals surface area contributed by atoms with Gasteiger partial charge in [-0.15, -0.1) is 0 Å². The Bertz CT molecular complexity index is 420. The molecule has 0 spiro atoms. The van der Waals surface area contributed by atoms with Crippen LogP contribution in [0.25, 0.3) is 0 Å². The van der Waals surface area contributed by atoms with Crippen LogP contribution in [0.3, 0.4) is 0 Å². The maximum absolute atomic E-state index is 11.8. The molecule has 0 aliphatic heterocycles. The van der Waals surface area contributed by atoms with Crippen LogP contribution in [-0.2, 0) is 18.2 Å². The van der Waals surface area contributed by atoms with Gasteiger partial charge in [-0.25, -0.2) is 4.79 Å². The molecule has 0 saturated heterocycles. The molecule has 96 valence electrons. The molecule has 0 unspecified atom stereocenters. The second-order valence-electron chi connectivity index (χ2n) is 4.59. The summed E-state index contributed by atoms with van der Waals surface area (Å²) < 4.78 is 6.88. The maximum Gasteiger partial charge on any atom is 0.339 e. The second-order valence-corrected chi connectivity index (χ2v) is 4.59. The fraction of sp³-hybridized carbons (Fsp3) is 0.615. The summed E-state index contributed by atoms with van der Waals surface area (Å²) in [5.41, 5.74) is 9.60. The zero-order valence-corrected chi connectivity index (χ0v) is 11.3. The van der Waals surface area contributed by atoms with E-state index in [1.807, 2.05) is 32.4 Å². The number of carbonyl (C=O) groups excluding carboxylic acids is 1. The fourth-order valence-corrected chi connectivity index (χ4v) is 2.07. The minimum absolute atomic E-state index is 0.139. The molecule has 1 atom stereocenters. The number of methoxy groups -OCH3 is 1.